The molecular formula is C12H17N3O2. The predicted molar refractivity (Wildman–Crippen MR) is 63.1 cm³/mol. The molecule has 2 unspecified atom stereocenters. The number of aliphatic hydroxyl groups excluding tert-OH is 1. The summed E-state index contributed by atoms with van der Waals surface area (Å²) >= 11 is 0. The molecule has 0 bridgehead atoms. The van der Waals surface area contributed by atoms with Crippen molar-refractivity contribution in [1.29, 1.82) is 0 Å². The van der Waals surface area contributed by atoms with Gasteiger partial charge in [0.1, 0.15) is 0 Å². The number of hydrogen-bond acceptors (Lipinski definition) is 4. The van der Waals surface area contributed by atoms with Crippen LogP contribution in [-0.2, 0) is 11.3 Å². The van der Waals surface area contributed by atoms with Crippen LogP contribution in [0, 0.1) is 0 Å². The van der Waals surface area contributed by atoms with E-state index in [2.05, 4.69) is 10.3 Å². The fraction of sp³-hybridized carbons (Fsp3) is 0.500. The Labute approximate surface area is 100 Å². The van der Waals surface area contributed by atoms with Crippen molar-refractivity contribution in [3.05, 3.63) is 30.1 Å². The molecule has 2 atom stereocenters. The van der Waals surface area contributed by atoms with Crippen molar-refractivity contribution in [3.8, 4) is 0 Å². The van der Waals surface area contributed by atoms with Crippen molar-refractivity contribution in [2.75, 3.05) is 13.6 Å². The molecule has 1 aromatic rings. The van der Waals surface area contributed by atoms with Gasteiger partial charge in [-0.15, -0.1) is 0 Å². The van der Waals surface area contributed by atoms with Crippen LogP contribution < -0.4 is 5.32 Å². The van der Waals surface area contributed by atoms with E-state index in [-0.39, 0.29) is 11.9 Å². The molecule has 0 radical (unpaired) electrons. The molecule has 5 heteroatoms. The number of nitrogens with zero attached hydrogens (tertiary/aromatic N) is 2. The Morgan fingerprint density at radius 2 is 2.47 bits per heavy atom. The number of likely N-dealkylation sites (N-methyl/N-ethyl adjacent to an activating group) is 1. The van der Waals surface area contributed by atoms with Gasteiger partial charge in [0.25, 0.3) is 0 Å². The van der Waals surface area contributed by atoms with Crippen LogP contribution in [0.1, 0.15) is 12.1 Å². The number of rotatable bonds is 3. The van der Waals surface area contributed by atoms with Crippen LogP contribution in [0.2, 0.25) is 0 Å². The summed E-state index contributed by atoms with van der Waals surface area (Å²) in [5.41, 5.74) is 0.863. The Hall–Kier alpha value is -1.46. The minimum absolute atomic E-state index is 0.00667. The maximum absolute atomic E-state index is 12.0. The number of nitrogens with one attached hydrogen (secondary N) is 1. The zero-order valence-electron chi connectivity index (χ0n) is 9.84. The Balaban J connectivity index is 1.92. The highest BCUT2D eigenvalue weighted by atomic mass is 16.3. The van der Waals surface area contributed by atoms with Gasteiger partial charge in [-0.25, -0.2) is 0 Å². The standard InChI is InChI=1S/C12H17N3O2/c1-15(8-9-4-2-3-5-13-9)12(17)11-6-10(16)7-14-11/h2-5,10-11,14,16H,6-8H2,1H3. The van der Waals surface area contributed by atoms with Crippen molar-refractivity contribution < 1.29 is 9.90 Å². The number of pyridine rings is 1. The van der Waals surface area contributed by atoms with Crippen LogP contribution in [0.5, 0.6) is 0 Å². The first-order chi connectivity index (χ1) is 8.16. The molecular weight excluding hydrogens is 218 g/mol. The lowest BCUT2D eigenvalue weighted by atomic mass is 10.2. The van der Waals surface area contributed by atoms with Gasteiger partial charge in [-0.1, -0.05) is 6.07 Å². The molecule has 1 fully saturated rings. The molecule has 1 aromatic heterocycles. The first kappa shape index (κ1) is 12.0. The summed E-state index contributed by atoms with van der Waals surface area (Å²) < 4.78 is 0. The van der Waals surface area contributed by atoms with Crippen molar-refractivity contribution >= 4 is 5.91 Å². The monoisotopic (exact) mass is 235 g/mol. The number of β-amino-alcohol motifs (C(OH)–C–C–N with tert-alkyl or cyclic N) is 1. The average Bonchev–Trinajstić information content (AvgIpc) is 2.76. The quantitative estimate of drug-likeness (QED) is 0.759. The molecule has 0 aromatic carbocycles. The Kier molecular flexibility index (Phi) is 3.71. The third-order valence-corrected chi connectivity index (χ3v) is 2.91. The largest absolute Gasteiger partial charge is 0.392 e. The highest BCUT2D eigenvalue weighted by molar-refractivity contribution is 5.82. The number of hydrogen-bond donors (Lipinski definition) is 2. The summed E-state index contributed by atoms with van der Waals surface area (Å²) in [5.74, 6) is 0.00667. The van der Waals surface area contributed by atoms with Crippen molar-refractivity contribution in [1.82, 2.24) is 15.2 Å². The highest BCUT2D eigenvalue weighted by Crippen LogP contribution is 2.10. The van der Waals surface area contributed by atoms with Gasteiger partial charge in [0.15, 0.2) is 0 Å². The number of aliphatic hydroxyl groups is 1. The SMILES string of the molecule is CN(Cc1ccccn1)C(=O)C1CC(O)CN1. The third kappa shape index (κ3) is 3.01. The van der Waals surface area contributed by atoms with Gasteiger partial charge in [-0.05, 0) is 18.6 Å². The van der Waals surface area contributed by atoms with E-state index in [0.29, 0.717) is 19.5 Å². The fourth-order valence-electron chi connectivity index (χ4n) is 1.98. The molecule has 1 aliphatic heterocycles. The van der Waals surface area contributed by atoms with Crippen molar-refractivity contribution in [2.45, 2.75) is 25.1 Å². The predicted octanol–water partition coefficient (Wildman–Crippen LogP) is -0.237. The Morgan fingerprint density at radius 1 is 1.65 bits per heavy atom. The van der Waals surface area contributed by atoms with Crippen molar-refractivity contribution in [3.63, 3.8) is 0 Å². The van der Waals surface area contributed by atoms with Gasteiger partial charge in [0.05, 0.1) is 24.4 Å². The smallest absolute Gasteiger partial charge is 0.239 e. The summed E-state index contributed by atoms with van der Waals surface area (Å²) in [6, 6.07) is 5.37. The van der Waals surface area contributed by atoms with Gasteiger partial charge in [-0.3, -0.25) is 9.78 Å². The zero-order chi connectivity index (χ0) is 12.3. The minimum atomic E-state index is -0.410. The number of aromatic nitrogens is 1. The summed E-state index contributed by atoms with van der Waals surface area (Å²) in [6.07, 6.45) is 1.79. The average molecular weight is 235 g/mol. The first-order valence-electron chi connectivity index (χ1n) is 5.73. The van der Waals surface area contributed by atoms with Gasteiger partial charge in [0.2, 0.25) is 5.91 Å². The molecule has 2 heterocycles. The normalized spacial score (nSPS) is 23.6. The zero-order valence-corrected chi connectivity index (χ0v) is 9.84. The molecule has 17 heavy (non-hydrogen) atoms. The van der Waals surface area contributed by atoms with Crippen LogP contribution in [-0.4, -0.2) is 46.6 Å². The van der Waals surface area contributed by atoms with E-state index in [1.807, 2.05) is 18.2 Å². The fourth-order valence-corrected chi connectivity index (χ4v) is 1.98. The number of carbonyl (C=O) groups excluding carboxylic acids is 1. The molecule has 1 aliphatic rings. The van der Waals surface area contributed by atoms with Gasteiger partial charge in [0, 0.05) is 19.8 Å². The molecule has 1 amide bonds. The van der Waals surface area contributed by atoms with E-state index in [4.69, 9.17) is 0 Å². The van der Waals surface area contributed by atoms with Gasteiger partial charge >= 0.3 is 0 Å². The first-order valence-corrected chi connectivity index (χ1v) is 5.73. The topological polar surface area (TPSA) is 65.5 Å². The molecule has 92 valence electrons. The van der Waals surface area contributed by atoms with Gasteiger partial charge in [-0.2, -0.15) is 0 Å². The molecule has 0 aliphatic carbocycles. The van der Waals surface area contributed by atoms with E-state index < -0.39 is 6.10 Å². The lowest BCUT2D eigenvalue weighted by Gasteiger charge is -2.20. The summed E-state index contributed by atoms with van der Waals surface area (Å²) in [7, 11) is 1.75. The van der Waals surface area contributed by atoms with Crippen LogP contribution in [0.25, 0.3) is 0 Å². The Bertz CT molecular complexity index is 383. The molecule has 2 N–H and O–H groups in total. The minimum Gasteiger partial charge on any atom is -0.392 e. The Morgan fingerprint density at radius 3 is 3.06 bits per heavy atom. The second-order valence-corrected chi connectivity index (χ2v) is 4.37. The lowest BCUT2D eigenvalue weighted by Crippen LogP contribution is -2.41. The van der Waals surface area contributed by atoms with E-state index in [1.165, 1.54) is 0 Å². The van der Waals surface area contributed by atoms with Crippen molar-refractivity contribution in [2.24, 2.45) is 0 Å². The van der Waals surface area contributed by atoms with E-state index in [9.17, 15) is 9.90 Å². The van der Waals surface area contributed by atoms with Crippen LogP contribution >= 0.6 is 0 Å². The van der Waals surface area contributed by atoms with E-state index in [0.717, 1.165) is 5.69 Å². The van der Waals surface area contributed by atoms with Crippen LogP contribution in [0.15, 0.2) is 24.4 Å². The molecule has 1 saturated heterocycles. The number of amides is 1. The summed E-state index contributed by atoms with van der Waals surface area (Å²) in [4.78, 5) is 17.8. The van der Waals surface area contributed by atoms with Gasteiger partial charge < -0.3 is 15.3 Å². The highest BCUT2D eigenvalue weighted by Gasteiger charge is 2.29. The lowest BCUT2D eigenvalue weighted by molar-refractivity contribution is -0.132. The maximum Gasteiger partial charge on any atom is 0.239 e. The second-order valence-electron chi connectivity index (χ2n) is 4.37. The third-order valence-electron chi connectivity index (χ3n) is 2.91. The molecule has 0 saturated carbocycles. The molecule has 2 rings (SSSR count). The van der Waals surface area contributed by atoms with E-state index >= 15 is 0 Å². The summed E-state index contributed by atoms with van der Waals surface area (Å²) in [5, 5.41) is 12.4. The second kappa shape index (κ2) is 5.25. The van der Waals surface area contributed by atoms with Crippen LogP contribution in [0.3, 0.4) is 0 Å². The van der Waals surface area contributed by atoms with E-state index in [1.54, 1.807) is 18.1 Å². The maximum atomic E-state index is 12.0. The molecule has 5 nitrogen and oxygen atoms in total. The molecule has 0 spiro atoms. The summed E-state index contributed by atoms with van der Waals surface area (Å²) in [6.45, 7) is 0.988. The van der Waals surface area contributed by atoms with Crippen LogP contribution in [0.4, 0.5) is 0 Å². The number of carbonyl (C=O) groups is 1.